The molecule has 0 aromatic rings. The van der Waals surface area contributed by atoms with Gasteiger partial charge < -0.3 is 10.0 Å². The summed E-state index contributed by atoms with van der Waals surface area (Å²) in [5, 5.41) is 17.8. The topological polar surface area (TPSA) is 47.3 Å². The highest BCUT2D eigenvalue weighted by Gasteiger charge is 2.29. The second-order valence-corrected chi connectivity index (χ2v) is 5.51. The van der Waals surface area contributed by atoms with Crippen molar-refractivity contribution in [3.63, 3.8) is 0 Å². The molecule has 0 aromatic carbocycles. The van der Waals surface area contributed by atoms with Crippen LogP contribution in [-0.2, 0) is 0 Å². The number of aliphatic hydroxyl groups is 1. The molecule has 0 heterocycles. The summed E-state index contributed by atoms with van der Waals surface area (Å²) in [4.78, 5) is 2.31. The summed E-state index contributed by atoms with van der Waals surface area (Å²) in [7, 11) is 0. The van der Waals surface area contributed by atoms with Gasteiger partial charge in [-0.2, -0.15) is 5.26 Å². The Bertz CT molecular complexity index is 397. The molecule has 1 rings (SSSR count). The van der Waals surface area contributed by atoms with Crippen molar-refractivity contribution in [3.8, 4) is 6.07 Å². The van der Waals surface area contributed by atoms with E-state index in [1.54, 1.807) is 0 Å². The molecular formula is C15H23ClN2O. The number of rotatable bonds is 6. The Kier molecular flexibility index (Phi) is 6.41. The number of aliphatic hydroxyl groups excluding tert-OH is 1. The smallest absolute Gasteiger partial charge is 0.0963 e. The van der Waals surface area contributed by atoms with Crippen LogP contribution in [0.5, 0.6) is 0 Å². The standard InChI is InChI=1S/C15H23ClN2O/c1-4-11(2)18(8-5-9-19)14-7-6-13(10-17)15(16)12(14)3/h6-7,11-12,15,19H,4-5,8-9H2,1-3H3/t11-,12?,15?/m1/s1. The van der Waals surface area contributed by atoms with Gasteiger partial charge in [0.05, 0.1) is 11.4 Å². The van der Waals surface area contributed by atoms with Crippen LogP contribution < -0.4 is 0 Å². The third-order valence-electron chi connectivity index (χ3n) is 3.78. The Morgan fingerprint density at radius 3 is 2.74 bits per heavy atom. The highest BCUT2D eigenvalue weighted by atomic mass is 35.5. The van der Waals surface area contributed by atoms with E-state index in [2.05, 4.69) is 31.7 Å². The minimum atomic E-state index is -0.259. The first-order valence-corrected chi connectivity index (χ1v) is 7.33. The number of hydrogen-bond acceptors (Lipinski definition) is 3. The molecule has 2 unspecified atom stereocenters. The minimum absolute atomic E-state index is 0.119. The molecular weight excluding hydrogens is 260 g/mol. The molecule has 19 heavy (non-hydrogen) atoms. The molecule has 0 spiro atoms. The minimum Gasteiger partial charge on any atom is -0.396 e. The van der Waals surface area contributed by atoms with E-state index in [9.17, 15) is 0 Å². The maximum atomic E-state index is 9.04. The maximum absolute atomic E-state index is 9.04. The summed E-state index contributed by atoms with van der Waals surface area (Å²) in [6.45, 7) is 7.40. The van der Waals surface area contributed by atoms with Crippen molar-refractivity contribution in [2.45, 2.75) is 45.0 Å². The Morgan fingerprint density at radius 2 is 2.21 bits per heavy atom. The van der Waals surface area contributed by atoms with Crippen LogP contribution in [0.2, 0.25) is 0 Å². The van der Waals surface area contributed by atoms with E-state index < -0.39 is 0 Å². The molecule has 1 N–H and O–H groups in total. The van der Waals surface area contributed by atoms with Gasteiger partial charge in [-0.3, -0.25) is 0 Å². The highest BCUT2D eigenvalue weighted by molar-refractivity contribution is 6.23. The molecule has 0 fully saturated rings. The van der Waals surface area contributed by atoms with E-state index >= 15 is 0 Å². The normalized spacial score (nSPS) is 24.2. The van der Waals surface area contributed by atoms with Gasteiger partial charge in [-0.1, -0.05) is 13.8 Å². The molecule has 0 aromatic heterocycles. The van der Waals surface area contributed by atoms with E-state index in [4.69, 9.17) is 22.0 Å². The quantitative estimate of drug-likeness (QED) is 0.762. The zero-order chi connectivity index (χ0) is 14.4. The third kappa shape index (κ3) is 3.75. The van der Waals surface area contributed by atoms with Crippen LogP contribution in [0.15, 0.2) is 23.4 Å². The van der Waals surface area contributed by atoms with Gasteiger partial charge in [-0.15, -0.1) is 11.6 Å². The van der Waals surface area contributed by atoms with E-state index in [1.165, 1.54) is 5.70 Å². The van der Waals surface area contributed by atoms with Gasteiger partial charge in [0.2, 0.25) is 0 Å². The van der Waals surface area contributed by atoms with Crippen molar-refractivity contribution in [1.29, 1.82) is 5.26 Å². The molecule has 0 saturated heterocycles. The molecule has 0 aliphatic heterocycles. The number of allylic oxidation sites excluding steroid dienone is 4. The number of alkyl halides is 1. The van der Waals surface area contributed by atoms with Crippen LogP contribution in [0.1, 0.15) is 33.6 Å². The van der Waals surface area contributed by atoms with E-state index in [1.807, 2.05) is 12.2 Å². The van der Waals surface area contributed by atoms with Crippen LogP contribution >= 0.6 is 11.6 Å². The Hall–Kier alpha value is -0.980. The molecule has 1 aliphatic rings. The lowest BCUT2D eigenvalue weighted by atomic mass is 9.91. The monoisotopic (exact) mass is 282 g/mol. The number of hydrogen-bond donors (Lipinski definition) is 1. The SMILES string of the molecule is CC[C@@H](C)N(CCCO)C1=CC=C(C#N)C(Cl)C1C. The number of nitrogens with zero attached hydrogens (tertiary/aromatic N) is 2. The van der Waals surface area contributed by atoms with Crippen molar-refractivity contribution in [1.82, 2.24) is 4.90 Å². The lowest BCUT2D eigenvalue weighted by Gasteiger charge is -2.38. The van der Waals surface area contributed by atoms with Crippen molar-refractivity contribution in [2.24, 2.45) is 5.92 Å². The number of nitriles is 1. The van der Waals surface area contributed by atoms with Gasteiger partial charge in [0, 0.05) is 36.4 Å². The molecule has 0 bridgehead atoms. The van der Waals surface area contributed by atoms with Crippen LogP contribution in [0.25, 0.3) is 0 Å². The average Bonchev–Trinajstić information content (AvgIpc) is 2.43. The van der Waals surface area contributed by atoms with Gasteiger partial charge in [-0.25, -0.2) is 0 Å². The summed E-state index contributed by atoms with van der Waals surface area (Å²) >= 11 is 6.35. The first-order chi connectivity index (χ1) is 9.06. The first kappa shape index (κ1) is 16.1. The van der Waals surface area contributed by atoms with E-state index in [-0.39, 0.29) is 17.9 Å². The van der Waals surface area contributed by atoms with Crippen molar-refractivity contribution in [2.75, 3.05) is 13.2 Å². The highest BCUT2D eigenvalue weighted by Crippen LogP contribution is 2.33. The predicted octanol–water partition coefficient (Wildman–Crippen LogP) is 3.06. The largest absolute Gasteiger partial charge is 0.396 e. The summed E-state index contributed by atoms with van der Waals surface area (Å²) in [6.07, 6.45) is 5.61. The van der Waals surface area contributed by atoms with Crippen LogP contribution in [0.4, 0.5) is 0 Å². The van der Waals surface area contributed by atoms with Crippen molar-refractivity contribution >= 4 is 11.6 Å². The molecule has 0 radical (unpaired) electrons. The molecule has 3 nitrogen and oxygen atoms in total. The number of halogens is 1. The van der Waals surface area contributed by atoms with E-state index in [0.717, 1.165) is 19.4 Å². The van der Waals surface area contributed by atoms with Gasteiger partial charge in [0.15, 0.2) is 0 Å². The summed E-state index contributed by atoms with van der Waals surface area (Å²) in [5.41, 5.74) is 1.80. The van der Waals surface area contributed by atoms with Gasteiger partial charge in [0.1, 0.15) is 0 Å². The predicted molar refractivity (Wildman–Crippen MR) is 78.7 cm³/mol. The summed E-state index contributed by atoms with van der Waals surface area (Å²) < 4.78 is 0. The first-order valence-electron chi connectivity index (χ1n) is 6.90. The molecule has 106 valence electrons. The fourth-order valence-corrected chi connectivity index (χ4v) is 2.61. The third-order valence-corrected chi connectivity index (χ3v) is 4.39. The van der Waals surface area contributed by atoms with Crippen molar-refractivity contribution in [3.05, 3.63) is 23.4 Å². The van der Waals surface area contributed by atoms with Gasteiger partial charge in [0.25, 0.3) is 0 Å². The summed E-state index contributed by atoms with van der Waals surface area (Å²) in [5.74, 6) is 0.119. The average molecular weight is 283 g/mol. The molecule has 0 saturated carbocycles. The Labute approximate surface area is 121 Å². The second-order valence-electron chi connectivity index (χ2n) is 5.04. The molecule has 4 heteroatoms. The van der Waals surface area contributed by atoms with Gasteiger partial charge in [-0.05, 0) is 31.9 Å². The fourth-order valence-electron chi connectivity index (χ4n) is 2.36. The maximum Gasteiger partial charge on any atom is 0.0963 e. The lowest BCUT2D eigenvalue weighted by Crippen LogP contribution is -2.38. The van der Waals surface area contributed by atoms with Crippen LogP contribution in [0, 0.1) is 17.2 Å². The van der Waals surface area contributed by atoms with Gasteiger partial charge >= 0.3 is 0 Å². The van der Waals surface area contributed by atoms with Crippen LogP contribution in [0.3, 0.4) is 0 Å². The Morgan fingerprint density at radius 1 is 1.53 bits per heavy atom. The lowest BCUT2D eigenvalue weighted by molar-refractivity contribution is 0.203. The van der Waals surface area contributed by atoms with Crippen LogP contribution in [-0.4, -0.2) is 34.6 Å². The zero-order valence-corrected chi connectivity index (χ0v) is 12.7. The van der Waals surface area contributed by atoms with Crippen molar-refractivity contribution < 1.29 is 5.11 Å². The summed E-state index contributed by atoms with van der Waals surface area (Å²) in [6, 6.07) is 2.56. The fraction of sp³-hybridized carbons (Fsp3) is 0.667. The second kappa shape index (κ2) is 7.57. The molecule has 3 atom stereocenters. The van der Waals surface area contributed by atoms with E-state index in [0.29, 0.717) is 11.6 Å². The molecule has 1 aliphatic carbocycles. The molecule has 0 amide bonds. The Balaban J connectivity index is 2.98. The zero-order valence-electron chi connectivity index (χ0n) is 11.9.